The third kappa shape index (κ3) is 5.19. The number of carboxylic acid groups (broad SMARTS) is 1. The number of carbonyl (C=O) groups is 1. The Kier molecular flexibility index (Phi) is 4.59. The molecule has 0 unspecified atom stereocenters. The molecule has 0 aliphatic heterocycles. The molecule has 3 nitrogen and oxygen atoms in total. The minimum atomic E-state index is -5.62. The van der Waals surface area contributed by atoms with Crippen molar-refractivity contribution in [3.05, 3.63) is 0 Å². The van der Waals surface area contributed by atoms with Crippen LogP contribution in [0.5, 0.6) is 0 Å². The van der Waals surface area contributed by atoms with Crippen molar-refractivity contribution >= 4 is 5.97 Å². The molecule has 1 atom stereocenters. The molecule has 0 aromatic carbocycles. The fraction of sp³-hybridized carbons (Fsp3) is 0.857. The van der Waals surface area contributed by atoms with E-state index in [0.717, 1.165) is 6.92 Å². The number of hydrogen-bond acceptors (Lipinski definition) is 2. The highest BCUT2D eigenvalue weighted by molar-refractivity contribution is 5.67. The summed E-state index contributed by atoms with van der Waals surface area (Å²) in [6.07, 6.45) is -17.8. The largest absolute Gasteiger partial charge is 0.481 e. The van der Waals surface area contributed by atoms with E-state index in [-0.39, 0.29) is 0 Å². The van der Waals surface area contributed by atoms with Gasteiger partial charge in [0, 0.05) is 0 Å². The molecule has 0 aromatic heterocycles. The van der Waals surface area contributed by atoms with Gasteiger partial charge in [0.1, 0.15) is 0 Å². The zero-order valence-corrected chi connectivity index (χ0v) is 7.89. The number of alkyl halides is 6. The summed E-state index contributed by atoms with van der Waals surface area (Å²) in [4.78, 5) is 10.0. The second-order valence-corrected chi connectivity index (χ2v) is 3.01. The van der Waals surface area contributed by atoms with Crippen molar-refractivity contribution in [2.75, 3.05) is 0 Å². The van der Waals surface area contributed by atoms with Gasteiger partial charge in [0.25, 0.3) is 0 Å². The molecule has 0 rings (SSSR count). The molecule has 0 amide bonds. The topological polar surface area (TPSA) is 46.5 Å². The van der Waals surface area contributed by atoms with E-state index in [4.69, 9.17) is 5.11 Å². The summed E-state index contributed by atoms with van der Waals surface area (Å²) >= 11 is 0. The molecule has 0 aromatic rings. The average Bonchev–Trinajstić information content (AvgIpc) is 1.94. The molecular weight excluding hydrogens is 246 g/mol. The first kappa shape index (κ1) is 15.0. The highest BCUT2D eigenvalue weighted by Gasteiger charge is 2.58. The van der Waals surface area contributed by atoms with Crippen LogP contribution in [0.15, 0.2) is 0 Å². The van der Waals surface area contributed by atoms with E-state index in [1.54, 1.807) is 0 Å². The number of aliphatic carboxylic acids is 1. The van der Waals surface area contributed by atoms with E-state index >= 15 is 0 Å². The van der Waals surface area contributed by atoms with Gasteiger partial charge in [-0.05, 0) is 6.92 Å². The predicted molar refractivity (Wildman–Crippen MR) is 38.7 cm³/mol. The molecule has 96 valence electrons. The average molecular weight is 254 g/mol. The van der Waals surface area contributed by atoms with Crippen LogP contribution in [-0.4, -0.2) is 35.6 Å². The Hall–Kier alpha value is -0.990. The third-order valence-electron chi connectivity index (χ3n) is 1.43. The molecule has 0 spiro atoms. The Morgan fingerprint density at radius 3 is 1.81 bits per heavy atom. The number of hydrogen-bond donors (Lipinski definition) is 1. The molecule has 1 N–H and O–H groups in total. The minimum Gasteiger partial charge on any atom is -0.481 e. The first-order valence-electron chi connectivity index (χ1n) is 3.95. The number of carboxylic acids is 1. The van der Waals surface area contributed by atoms with Crippen molar-refractivity contribution in [2.45, 2.75) is 37.9 Å². The molecule has 16 heavy (non-hydrogen) atoms. The lowest BCUT2D eigenvalue weighted by atomic mass is 10.2. The van der Waals surface area contributed by atoms with Crippen molar-refractivity contribution in [1.82, 2.24) is 0 Å². The Bertz CT molecular complexity index is 231. The van der Waals surface area contributed by atoms with Crippen molar-refractivity contribution in [3.63, 3.8) is 0 Å². The molecule has 0 aliphatic carbocycles. The van der Waals surface area contributed by atoms with Crippen LogP contribution in [0.1, 0.15) is 13.3 Å². The van der Waals surface area contributed by atoms with Gasteiger partial charge in [-0.2, -0.15) is 26.3 Å². The van der Waals surface area contributed by atoms with Crippen LogP contribution in [0, 0.1) is 0 Å². The number of ether oxygens (including phenoxy) is 1. The molecule has 0 saturated heterocycles. The summed E-state index contributed by atoms with van der Waals surface area (Å²) in [6, 6.07) is 0. The zero-order chi connectivity index (χ0) is 13.1. The van der Waals surface area contributed by atoms with Gasteiger partial charge in [-0.1, -0.05) is 0 Å². The van der Waals surface area contributed by atoms with E-state index in [0.29, 0.717) is 0 Å². The fourth-order valence-electron chi connectivity index (χ4n) is 0.866. The SMILES string of the molecule is C[C@H](CC(=O)O)OC(C(F)(F)F)C(F)(F)F. The molecule has 0 bridgehead atoms. The van der Waals surface area contributed by atoms with E-state index in [1.807, 2.05) is 0 Å². The van der Waals surface area contributed by atoms with Crippen LogP contribution in [0.25, 0.3) is 0 Å². The van der Waals surface area contributed by atoms with E-state index in [9.17, 15) is 31.1 Å². The lowest BCUT2D eigenvalue weighted by Crippen LogP contribution is -2.46. The van der Waals surface area contributed by atoms with Crippen LogP contribution in [0.4, 0.5) is 26.3 Å². The van der Waals surface area contributed by atoms with Gasteiger partial charge in [-0.15, -0.1) is 0 Å². The quantitative estimate of drug-likeness (QED) is 0.783. The maximum absolute atomic E-state index is 11.9. The first-order chi connectivity index (χ1) is 6.94. The van der Waals surface area contributed by atoms with Gasteiger partial charge in [0.2, 0.25) is 6.10 Å². The maximum atomic E-state index is 11.9. The molecule has 0 saturated carbocycles. The molecule has 0 fully saturated rings. The highest BCUT2D eigenvalue weighted by atomic mass is 19.4. The summed E-state index contributed by atoms with van der Waals surface area (Å²) in [5.41, 5.74) is 0. The first-order valence-corrected chi connectivity index (χ1v) is 3.95. The molecule has 0 radical (unpaired) electrons. The van der Waals surface area contributed by atoms with Crippen LogP contribution in [-0.2, 0) is 9.53 Å². The number of rotatable bonds is 4. The standard InChI is InChI=1S/C7H8F6O3/c1-3(2-4(14)15)16-5(6(8,9)10)7(11,12)13/h3,5H,2H2,1H3,(H,14,15)/t3-/m1/s1. The predicted octanol–water partition coefficient (Wildman–Crippen LogP) is 2.36. The Morgan fingerprint density at radius 1 is 1.19 bits per heavy atom. The summed E-state index contributed by atoms with van der Waals surface area (Å²) in [5.74, 6) is -1.55. The van der Waals surface area contributed by atoms with Crippen LogP contribution < -0.4 is 0 Å². The summed E-state index contributed by atoms with van der Waals surface area (Å²) in [7, 11) is 0. The lowest BCUT2D eigenvalue weighted by Gasteiger charge is -2.25. The molecule has 0 aliphatic rings. The van der Waals surface area contributed by atoms with Crippen molar-refractivity contribution < 1.29 is 41.0 Å². The van der Waals surface area contributed by atoms with Gasteiger partial charge in [-0.25, -0.2) is 0 Å². The fourth-order valence-corrected chi connectivity index (χ4v) is 0.866. The van der Waals surface area contributed by atoms with Gasteiger partial charge >= 0.3 is 18.3 Å². The smallest absolute Gasteiger partial charge is 0.423 e. The third-order valence-corrected chi connectivity index (χ3v) is 1.43. The Labute approximate surface area is 86.0 Å². The minimum absolute atomic E-state index is 0.818. The van der Waals surface area contributed by atoms with Crippen molar-refractivity contribution in [1.29, 1.82) is 0 Å². The molecular formula is C7H8F6O3. The maximum Gasteiger partial charge on any atom is 0.423 e. The Morgan fingerprint density at radius 2 is 1.56 bits per heavy atom. The second-order valence-electron chi connectivity index (χ2n) is 3.01. The van der Waals surface area contributed by atoms with Crippen molar-refractivity contribution in [2.24, 2.45) is 0 Å². The Balaban J connectivity index is 4.64. The summed E-state index contributed by atoms with van der Waals surface area (Å²) in [5, 5.41) is 8.16. The van der Waals surface area contributed by atoms with Crippen LogP contribution in [0.3, 0.4) is 0 Å². The van der Waals surface area contributed by atoms with Gasteiger partial charge in [-0.3, -0.25) is 4.79 Å². The second kappa shape index (κ2) is 4.89. The monoisotopic (exact) mass is 254 g/mol. The lowest BCUT2D eigenvalue weighted by molar-refractivity contribution is -0.329. The highest BCUT2D eigenvalue weighted by Crippen LogP contribution is 2.36. The van der Waals surface area contributed by atoms with Crippen LogP contribution in [0.2, 0.25) is 0 Å². The zero-order valence-electron chi connectivity index (χ0n) is 7.89. The molecule has 9 heteroatoms. The van der Waals surface area contributed by atoms with E-state index < -0.39 is 37.0 Å². The summed E-state index contributed by atoms with van der Waals surface area (Å²) < 4.78 is 75.2. The van der Waals surface area contributed by atoms with Gasteiger partial charge < -0.3 is 9.84 Å². The number of halogens is 6. The van der Waals surface area contributed by atoms with E-state index in [1.165, 1.54) is 0 Å². The van der Waals surface area contributed by atoms with Crippen LogP contribution >= 0.6 is 0 Å². The normalized spacial score (nSPS) is 15.2. The van der Waals surface area contributed by atoms with Crippen molar-refractivity contribution in [3.8, 4) is 0 Å². The van der Waals surface area contributed by atoms with Gasteiger partial charge in [0.05, 0.1) is 12.5 Å². The summed E-state index contributed by atoms with van der Waals surface area (Å²) in [6.45, 7) is 0.818. The molecule has 0 heterocycles. The van der Waals surface area contributed by atoms with E-state index in [2.05, 4.69) is 4.74 Å². The van der Waals surface area contributed by atoms with Gasteiger partial charge in [0.15, 0.2) is 0 Å².